The quantitative estimate of drug-likeness (QED) is 0.587. The molecule has 8 heteroatoms. The lowest BCUT2D eigenvalue weighted by molar-refractivity contribution is 0.862. The van der Waals surface area contributed by atoms with Crippen molar-refractivity contribution in [3.63, 3.8) is 0 Å². The van der Waals surface area contributed by atoms with E-state index in [9.17, 15) is 9.59 Å². The Morgan fingerprint density at radius 1 is 0.920 bits per heavy atom. The van der Waals surface area contributed by atoms with Crippen molar-refractivity contribution in [2.75, 3.05) is 0 Å². The third kappa shape index (κ3) is 2.56. The maximum absolute atomic E-state index is 12.8. The van der Waals surface area contributed by atoms with Crippen molar-refractivity contribution in [2.24, 2.45) is 0 Å². The normalized spacial score (nSPS) is 11.1. The lowest BCUT2D eigenvalue weighted by atomic mass is 10.3. The summed E-state index contributed by atoms with van der Waals surface area (Å²) in [5, 5.41) is 5.10. The predicted octanol–water partition coefficient (Wildman–Crippen LogP) is 3.17. The largest absolute Gasteiger partial charge is 0.334 e. The van der Waals surface area contributed by atoms with Crippen LogP contribution in [0.1, 0.15) is 0 Å². The fourth-order valence-corrected chi connectivity index (χ4v) is 2.91. The summed E-state index contributed by atoms with van der Waals surface area (Å²) in [5.41, 5.74) is 0.320. The molecule has 0 saturated heterocycles. The number of benzene rings is 2. The molecule has 2 aromatic carbocycles. The highest BCUT2D eigenvalue weighted by molar-refractivity contribution is 6.42. The number of aromatic nitrogens is 4. The van der Waals surface area contributed by atoms with Crippen LogP contribution in [0, 0.1) is 0 Å². The van der Waals surface area contributed by atoms with Gasteiger partial charge < -0.3 is 0 Å². The number of rotatable bonds is 2. The van der Waals surface area contributed by atoms with Gasteiger partial charge in [-0.05, 0) is 30.3 Å². The molecule has 0 radical (unpaired) electrons. The average Bonchev–Trinajstić information content (AvgIpc) is 3.03. The van der Waals surface area contributed by atoms with E-state index in [2.05, 4.69) is 10.1 Å². The first-order valence-electron chi connectivity index (χ1n) is 7.30. The number of aromatic amines is 1. The van der Waals surface area contributed by atoms with Crippen molar-refractivity contribution < 1.29 is 0 Å². The molecule has 6 nitrogen and oxygen atoms in total. The smallest absolute Gasteiger partial charge is 0.291 e. The zero-order valence-electron chi connectivity index (χ0n) is 12.6. The summed E-state index contributed by atoms with van der Waals surface area (Å²) >= 11 is 11.9. The van der Waals surface area contributed by atoms with E-state index in [-0.39, 0.29) is 10.4 Å². The van der Waals surface area contributed by atoms with Crippen LogP contribution in [0.25, 0.3) is 22.4 Å². The number of halogens is 2. The number of nitrogens with one attached hydrogen (secondary N) is 1. The topological polar surface area (TPSA) is 72.7 Å². The van der Waals surface area contributed by atoms with Gasteiger partial charge in [-0.15, -0.1) is 0 Å². The first kappa shape index (κ1) is 15.7. The minimum absolute atomic E-state index is 0.255. The van der Waals surface area contributed by atoms with Crippen molar-refractivity contribution >= 4 is 34.2 Å². The molecule has 1 N–H and O–H groups in total. The van der Waals surface area contributed by atoms with Crippen LogP contribution in [0.2, 0.25) is 10.0 Å². The lowest BCUT2D eigenvalue weighted by Crippen LogP contribution is -2.33. The molecule has 0 saturated carbocycles. The van der Waals surface area contributed by atoms with Gasteiger partial charge in [-0.25, -0.2) is 14.0 Å². The summed E-state index contributed by atoms with van der Waals surface area (Å²) in [6, 6.07) is 13.8. The number of para-hydroxylation sites is 1. The fourth-order valence-electron chi connectivity index (χ4n) is 2.62. The second-order valence-corrected chi connectivity index (χ2v) is 6.14. The number of hydrogen-bond donors (Lipinski definition) is 1. The van der Waals surface area contributed by atoms with Crippen molar-refractivity contribution in [1.29, 1.82) is 0 Å². The number of hydrogen-bond acceptors (Lipinski definition) is 3. The van der Waals surface area contributed by atoms with Crippen LogP contribution >= 0.6 is 23.2 Å². The van der Waals surface area contributed by atoms with E-state index < -0.39 is 11.2 Å². The standard InChI is InChI=1S/C17H10Cl2N4O2/c18-13-7-6-11(8-14(13)19)22-16(24)12-9-20-23(15(12)21-17(22)25)10-4-2-1-3-5-10/h1-9H,(H,21,25). The van der Waals surface area contributed by atoms with Crippen molar-refractivity contribution in [1.82, 2.24) is 19.3 Å². The van der Waals surface area contributed by atoms with Gasteiger partial charge in [0.2, 0.25) is 0 Å². The molecule has 25 heavy (non-hydrogen) atoms. The van der Waals surface area contributed by atoms with E-state index in [1.54, 1.807) is 6.07 Å². The molecule has 0 atom stereocenters. The SMILES string of the molecule is O=c1[nH]c2c(cnn2-c2ccccc2)c(=O)n1-c1ccc(Cl)c(Cl)c1. The van der Waals surface area contributed by atoms with Gasteiger partial charge in [0.05, 0.1) is 27.6 Å². The van der Waals surface area contributed by atoms with Gasteiger partial charge in [-0.2, -0.15) is 5.10 Å². The van der Waals surface area contributed by atoms with Crippen LogP contribution in [0.15, 0.2) is 64.3 Å². The molecule has 0 amide bonds. The Morgan fingerprint density at radius 2 is 1.68 bits per heavy atom. The minimum Gasteiger partial charge on any atom is -0.291 e. The lowest BCUT2D eigenvalue weighted by Gasteiger charge is -2.07. The van der Waals surface area contributed by atoms with Gasteiger partial charge in [0.1, 0.15) is 5.39 Å². The van der Waals surface area contributed by atoms with Gasteiger partial charge >= 0.3 is 5.69 Å². The van der Waals surface area contributed by atoms with Crippen LogP contribution < -0.4 is 11.2 Å². The predicted molar refractivity (Wildman–Crippen MR) is 97.3 cm³/mol. The van der Waals surface area contributed by atoms with Crippen LogP contribution in [-0.2, 0) is 0 Å². The van der Waals surface area contributed by atoms with Crippen molar-refractivity contribution in [3.8, 4) is 11.4 Å². The third-order valence-electron chi connectivity index (χ3n) is 3.79. The van der Waals surface area contributed by atoms with Gasteiger partial charge in [-0.3, -0.25) is 9.78 Å². The summed E-state index contributed by atoms with van der Waals surface area (Å²) < 4.78 is 2.51. The molecule has 0 spiro atoms. The molecule has 0 aliphatic heterocycles. The Morgan fingerprint density at radius 3 is 2.40 bits per heavy atom. The first-order chi connectivity index (χ1) is 12.1. The van der Waals surface area contributed by atoms with E-state index in [0.29, 0.717) is 16.4 Å². The Kier molecular flexibility index (Phi) is 3.71. The van der Waals surface area contributed by atoms with E-state index in [4.69, 9.17) is 23.2 Å². The fraction of sp³-hybridized carbons (Fsp3) is 0. The van der Waals surface area contributed by atoms with E-state index in [1.165, 1.54) is 23.0 Å². The number of H-pyrrole nitrogens is 1. The molecule has 2 heterocycles. The van der Waals surface area contributed by atoms with Crippen molar-refractivity contribution in [3.05, 3.63) is 85.6 Å². The minimum atomic E-state index is -0.589. The van der Waals surface area contributed by atoms with Crippen LogP contribution in [0.3, 0.4) is 0 Å². The molecule has 0 unspecified atom stereocenters. The molecular weight excluding hydrogens is 363 g/mol. The molecule has 2 aromatic heterocycles. The molecule has 0 aliphatic rings. The first-order valence-corrected chi connectivity index (χ1v) is 8.06. The highest BCUT2D eigenvalue weighted by Crippen LogP contribution is 2.23. The summed E-state index contributed by atoms with van der Waals surface area (Å²) in [5.74, 6) is 0. The molecule has 0 bridgehead atoms. The van der Waals surface area contributed by atoms with E-state index in [1.807, 2.05) is 30.3 Å². The van der Waals surface area contributed by atoms with Crippen LogP contribution in [0.4, 0.5) is 0 Å². The van der Waals surface area contributed by atoms with E-state index >= 15 is 0 Å². The highest BCUT2D eigenvalue weighted by Gasteiger charge is 2.15. The second kappa shape index (κ2) is 5.91. The Labute approximate surface area is 150 Å². The maximum atomic E-state index is 12.8. The highest BCUT2D eigenvalue weighted by atomic mass is 35.5. The molecule has 0 fully saturated rings. The number of nitrogens with zero attached hydrogens (tertiary/aromatic N) is 3. The molecular formula is C17H10Cl2N4O2. The summed E-state index contributed by atoms with van der Waals surface area (Å²) in [6.07, 6.45) is 1.43. The third-order valence-corrected chi connectivity index (χ3v) is 4.53. The summed E-state index contributed by atoms with van der Waals surface area (Å²) in [6.45, 7) is 0. The maximum Gasteiger partial charge on any atom is 0.334 e. The Hall–Kier alpha value is -2.83. The van der Waals surface area contributed by atoms with Crippen LogP contribution in [-0.4, -0.2) is 19.3 Å². The zero-order valence-corrected chi connectivity index (χ0v) is 14.1. The van der Waals surface area contributed by atoms with Gasteiger partial charge in [0.15, 0.2) is 5.65 Å². The molecule has 4 rings (SSSR count). The zero-order chi connectivity index (χ0) is 17.6. The van der Waals surface area contributed by atoms with Gasteiger partial charge in [0.25, 0.3) is 5.56 Å². The molecule has 4 aromatic rings. The van der Waals surface area contributed by atoms with E-state index in [0.717, 1.165) is 10.3 Å². The molecule has 0 aliphatic carbocycles. The summed E-state index contributed by atoms with van der Waals surface area (Å²) in [4.78, 5) is 28.0. The monoisotopic (exact) mass is 372 g/mol. The summed E-state index contributed by atoms with van der Waals surface area (Å²) in [7, 11) is 0. The Bertz CT molecular complexity index is 1210. The average molecular weight is 373 g/mol. The van der Waals surface area contributed by atoms with Gasteiger partial charge in [0, 0.05) is 0 Å². The van der Waals surface area contributed by atoms with Gasteiger partial charge in [-0.1, -0.05) is 41.4 Å². The van der Waals surface area contributed by atoms with Crippen molar-refractivity contribution in [2.45, 2.75) is 0 Å². The molecule has 124 valence electrons. The van der Waals surface area contributed by atoms with Crippen LogP contribution in [0.5, 0.6) is 0 Å². The second-order valence-electron chi connectivity index (χ2n) is 5.32. The Balaban J connectivity index is 1.99. The number of fused-ring (bicyclic) bond motifs is 1.